The number of rotatable bonds is 21. The van der Waals surface area contributed by atoms with Crippen molar-refractivity contribution in [2.24, 2.45) is 0 Å². The Morgan fingerprint density at radius 1 is 0.478 bits per heavy atom. The highest BCUT2D eigenvalue weighted by Gasteiger charge is 2.76. The zero-order chi connectivity index (χ0) is 37.2. The smallest absolute Gasteiger partial charge is 0.304 e. The Morgan fingerprint density at radius 3 is 1.15 bits per heavy atom. The van der Waals surface area contributed by atoms with Crippen molar-refractivity contribution < 1.29 is 69.5 Å². The fraction of sp³-hybridized carbons (Fsp3) is 1.00. The summed E-state index contributed by atoms with van der Waals surface area (Å²) in [6.45, 7) is 10.1. The molecule has 0 heterocycles. The van der Waals surface area contributed by atoms with Crippen molar-refractivity contribution in [2.75, 3.05) is 58.1 Å². The van der Waals surface area contributed by atoms with Gasteiger partial charge in [-0.25, -0.2) is 16.8 Å². The van der Waals surface area contributed by atoms with Gasteiger partial charge in [0.2, 0.25) is 9.84 Å². The summed E-state index contributed by atoms with van der Waals surface area (Å²) < 4.78 is 204. The van der Waals surface area contributed by atoms with Gasteiger partial charge in [0.05, 0.1) is 5.75 Å². The van der Waals surface area contributed by atoms with E-state index >= 15 is 0 Å². The molecule has 0 rings (SSSR count). The third kappa shape index (κ3) is 11.0. The van der Waals surface area contributed by atoms with Crippen LogP contribution in [0.5, 0.6) is 0 Å². The number of hydrogen-bond acceptors (Lipinski definition) is 6. The molecule has 0 radical (unpaired) electrons. The van der Waals surface area contributed by atoms with E-state index in [4.69, 9.17) is 0 Å². The van der Waals surface area contributed by atoms with Crippen LogP contribution in [0.15, 0.2) is 0 Å². The van der Waals surface area contributed by atoms with Crippen molar-refractivity contribution >= 4 is 19.9 Å². The van der Waals surface area contributed by atoms with E-state index in [9.17, 15) is 69.5 Å². The second kappa shape index (κ2) is 17.6. The van der Waals surface area contributed by atoms with Gasteiger partial charge in [-0.1, -0.05) is 34.6 Å². The highest BCUT2D eigenvalue weighted by molar-refractivity contribution is 7.92. The summed E-state index contributed by atoms with van der Waals surface area (Å²) >= 11 is 0. The second-order valence-electron chi connectivity index (χ2n) is 10.4. The molecule has 0 N–H and O–H groups in total. The summed E-state index contributed by atoms with van der Waals surface area (Å²) in [4.78, 5) is 3.77. The number of hydrogen-bond donors (Lipinski definition) is 0. The van der Waals surface area contributed by atoms with Gasteiger partial charge >= 0.3 is 34.2 Å². The second-order valence-corrected chi connectivity index (χ2v) is 14.5. The van der Waals surface area contributed by atoms with E-state index in [0.29, 0.717) is 39.3 Å². The first-order valence-electron chi connectivity index (χ1n) is 14.4. The van der Waals surface area contributed by atoms with Gasteiger partial charge in [0.15, 0.2) is 0 Å². The van der Waals surface area contributed by atoms with E-state index in [2.05, 4.69) is 0 Å². The summed E-state index contributed by atoms with van der Waals surface area (Å²) in [6.07, 6.45) is -0.0101. The van der Waals surface area contributed by atoms with Gasteiger partial charge in [0.25, 0.3) is 10.0 Å². The Kier molecular flexibility index (Phi) is 18.0. The predicted molar refractivity (Wildman–Crippen MR) is 150 cm³/mol. The summed E-state index contributed by atoms with van der Waals surface area (Å²) in [6, 6.07) is 0. The zero-order valence-corrected chi connectivity index (χ0v) is 28.4. The van der Waals surface area contributed by atoms with Crippen LogP contribution in [0.1, 0.15) is 67.7 Å². The molecule has 0 saturated heterocycles. The lowest BCUT2D eigenvalue weighted by molar-refractivity contribution is -0.272. The first-order chi connectivity index (χ1) is 20.4. The minimum Gasteiger partial charge on any atom is -0.304 e. The SMILES string of the molecule is CCN(CC)CCCCS(=O)(=O)C(F)(F)C(F)(F)C(C)(F)F.CCN(CC)CCCN(CC)S(=O)(=O)C(F)(F)C(F)(F)C(C)(F)F. The molecule has 46 heavy (non-hydrogen) atoms. The molecule has 0 unspecified atom stereocenters. The maximum atomic E-state index is 13.8. The van der Waals surface area contributed by atoms with Gasteiger partial charge < -0.3 is 9.80 Å². The van der Waals surface area contributed by atoms with E-state index < -0.39 is 86.7 Å². The first kappa shape index (κ1) is 47.1. The quantitative estimate of drug-likeness (QED) is 0.0968. The Bertz CT molecular complexity index is 1110. The van der Waals surface area contributed by atoms with Crippen molar-refractivity contribution in [1.29, 1.82) is 0 Å². The summed E-state index contributed by atoms with van der Waals surface area (Å²) in [5, 5.41) is -11.7. The maximum absolute atomic E-state index is 13.8. The van der Waals surface area contributed by atoms with E-state index in [-0.39, 0.29) is 23.6 Å². The molecule has 0 fully saturated rings. The Morgan fingerprint density at radius 2 is 0.826 bits per heavy atom. The molecule has 0 atom stereocenters. The lowest BCUT2D eigenvalue weighted by atomic mass is 10.2. The van der Waals surface area contributed by atoms with Crippen molar-refractivity contribution in [3.8, 4) is 0 Å². The number of unbranched alkanes of at least 4 members (excludes halogenated alkanes) is 1. The lowest BCUT2D eigenvalue weighted by Gasteiger charge is -2.33. The van der Waals surface area contributed by atoms with Gasteiger partial charge in [0.1, 0.15) is 0 Å². The van der Waals surface area contributed by atoms with Crippen LogP contribution in [0.4, 0.5) is 52.7 Å². The average molecular weight is 744 g/mol. The van der Waals surface area contributed by atoms with E-state index in [1.54, 1.807) is 0 Å². The van der Waals surface area contributed by atoms with Crippen LogP contribution in [0.25, 0.3) is 0 Å². The molecule has 7 nitrogen and oxygen atoms in total. The number of halogens is 12. The monoisotopic (exact) mass is 743 g/mol. The van der Waals surface area contributed by atoms with Gasteiger partial charge in [0, 0.05) is 26.9 Å². The largest absolute Gasteiger partial charge is 0.427 e. The fourth-order valence-corrected chi connectivity index (χ4v) is 6.73. The predicted octanol–water partition coefficient (Wildman–Crippen LogP) is 6.66. The van der Waals surface area contributed by atoms with Gasteiger partial charge in [-0.05, 0) is 58.5 Å². The zero-order valence-electron chi connectivity index (χ0n) is 26.8. The maximum Gasteiger partial charge on any atom is 0.427 e. The van der Waals surface area contributed by atoms with Gasteiger partial charge in [-0.3, -0.25) is 0 Å². The van der Waals surface area contributed by atoms with Crippen LogP contribution < -0.4 is 0 Å². The highest BCUT2D eigenvalue weighted by atomic mass is 32.2. The molecule has 0 aromatic rings. The number of sulfonamides is 1. The minimum absolute atomic E-state index is 0.110. The third-order valence-electron chi connectivity index (χ3n) is 7.05. The number of sulfone groups is 1. The molecular weight excluding hydrogens is 698 g/mol. The third-order valence-corrected chi connectivity index (χ3v) is 10.9. The van der Waals surface area contributed by atoms with Crippen molar-refractivity contribution in [3.63, 3.8) is 0 Å². The summed E-state index contributed by atoms with van der Waals surface area (Å²) in [7, 11) is -11.6. The van der Waals surface area contributed by atoms with Crippen LogP contribution in [0.2, 0.25) is 0 Å². The van der Waals surface area contributed by atoms with Gasteiger partial charge in [-0.2, -0.15) is 57.0 Å². The van der Waals surface area contributed by atoms with Crippen LogP contribution in [0.3, 0.4) is 0 Å². The molecule has 280 valence electrons. The van der Waals surface area contributed by atoms with E-state index in [1.165, 1.54) is 6.92 Å². The molecule has 0 aromatic carbocycles. The van der Waals surface area contributed by atoms with Gasteiger partial charge in [-0.15, -0.1) is 0 Å². The molecule has 0 aliphatic rings. The van der Waals surface area contributed by atoms with E-state index in [0.717, 1.165) is 0 Å². The average Bonchev–Trinajstić information content (AvgIpc) is 2.91. The first-order valence-corrected chi connectivity index (χ1v) is 17.5. The lowest BCUT2D eigenvalue weighted by Crippen LogP contribution is -2.60. The van der Waals surface area contributed by atoms with Crippen LogP contribution >= 0.6 is 0 Å². The molecule has 0 spiro atoms. The van der Waals surface area contributed by atoms with E-state index in [1.807, 2.05) is 37.5 Å². The molecule has 0 amide bonds. The number of alkyl halides is 12. The topological polar surface area (TPSA) is 78.0 Å². The van der Waals surface area contributed by atoms with Crippen LogP contribution in [-0.4, -0.2) is 123 Å². The normalized spacial score (nSPS) is 14.7. The molecule has 0 bridgehead atoms. The Hall–Kier alpha value is -1.06. The Labute approximate surface area is 263 Å². The summed E-state index contributed by atoms with van der Waals surface area (Å²) in [5.41, 5.74) is 0. The minimum atomic E-state index is -6.02. The van der Waals surface area contributed by atoms with Crippen LogP contribution in [-0.2, 0) is 19.9 Å². The number of nitrogens with zero attached hydrogens (tertiary/aromatic N) is 3. The summed E-state index contributed by atoms with van der Waals surface area (Å²) in [5.74, 6) is -23.6. The van der Waals surface area contributed by atoms with Crippen molar-refractivity contribution in [3.05, 3.63) is 0 Å². The molecular formula is C25H45F12N3O4S2. The molecule has 0 saturated carbocycles. The van der Waals surface area contributed by atoms with Crippen molar-refractivity contribution in [1.82, 2.24) is 14.1 Å². The van der Waals surface area contributed by atoms with Crippen LogP contribution in [0, 0.1) is 0 Å². The molecule has 21 heteroatoms. The molecule has 0 aliphatic carbocycles. The fourth-order valence-electron chi connectivity index (χ4n) is 3.78. The van der Waals surface area contributed by atoms with Crippen molar-refractivity contribution in [2.45, 2.75) is 102 Å². The molecule has 0 aromatic heterocycles. The Balaban J connectivity index is 0. The standard InChI is InChI=1S/C13H24F6N2O2S.C12H21F6NO2S/c1-5-20(6-2)9-8-10-21(7-3)24(22,23)13(18,19)12(16,17)11(4,14)15;1-4-19(5-2)8-6-7-9-22(20,21)12(17,18)11(15,16)10(3,13)14/h5-10H2,1-4H3;4-9H2,1-3H3. The molecule has 0 aliphatic heterocycles. The highest BCUT2D eigenvalue weighted by Crippen LogP contribution is 2.50.